The van der Waals surface area contributed by atoms with Gasteiger partial charge in [0.05, 0.1) is 5.25 Å². The van der Waals surface area contributed by atoms with Crippen LogP contribution in [0.4, 0.5) is 4.39 Å². The molecule has 4 heteroatoms. The topological polar surface area (TPSA) is 34.1 Å². The van der Waals surface area contributed by atoms with E-state index in [0.29, 0.717) is 12.8 Å². The van der Waals surface area contributed by atoms with Crippen molar-refractivity contribution < 1.29 is 12.8 Å². The summed E-state index contributed by atoms with van der Waals surface area (Å²) in [6.45, 7) is 1.31. The van der Waals surface area contributed by atoms with Gasteiger partial charge in [0.2, 0.25) is 5.00 Å². The van der Waals surface area contributed by atoms with E-state index >= 15 is 0 Å². The second kappa shape index (κ2) is 6.11. The van der Waals surface area contributed by atoms with Crippen LogP contribution >= 0.6 is 0 Å². The highest BCUT2D eigenvalue weighted by atomic mass is 32.2. The van der Waals surface area contributed by atoms with E-state index in [1.807, 2.05) is 0 Å². The Hall–Kier alpha value is -0.120. The summed E-state index contributed by atoms with van der Waals surface area (Å²) in [4.78, 5) is 0. The summed E-state index contributed by atoms with van der Waals surface area (Å²) in [5.41, 5.74) is 0. The molecule has 19 heavy (non-hydrogen) atoms. The highest BCUT2D eigenvalue weighted by Crippen LogP contribution is 2.39. The van der Waals surface area contributed by atoms with Crippen LogP contribution in [0.3, 0.4) is 0 Å². The Balaban J connectivity index is 2.03. The van der Waals surface area contributed by atoms with Crippen LogP contribution in [0.5, 0.6) is 0 Å². The summed E-state index contributed by atoms with van der Waals surface area (Å²) in [5.74, 6) is 0.266. The lowest BCUT2D eigenvalue weighted by molar-refractivity contribution is 0.202. The van der Waals surface area contributed by atoms with E-state index < -0.39 is 20.1 Å². The number of sulfone groups is 1. The van der Waals surface area contributed by atoms with Gasteiger partial charge in [0.1, 0.15) is 0 Å². The van der Waals surface area contributed by atoms with Crippen LogP contribution < -0.4 is 0 Å². The summed E-state index contributed by atoms with van der Waals surface area (Å²) in [6, 6.07) is 0. The third kappa shape index (κ3) is 3.50. The standard InChI is InChI=1S/C15H27FO2S/c1-15(16,12-13-8-4-2-5-9-13)19(17,18)14-10-6-3-7-11-14/h13-14H,2-12H2,1H3. The Bertz CT molecular complexity index is 377. The highest BCUT2D eigenvalue weighted by molar-refractivity contribution is 7.93. The molecule has 0 N–H and O–H groups in total. The van der Waals surface area contributed by atoms with Crippen LogP contribution in [0.1, 0.15) is 77.6 Å². The van der Waals surface area contributed by atoms with Crippen molar-refractivity contribution in [1.82, 2.24) is 0 Å². The van der Waals surface area contributed by atoms with Gasteiger partial charge in [-0.3, -0.25) is 0 Å². The van der Waals surface area contributed by atoms with Gasteiger partial charge in [0.25, 0.3) is 0 Å². The van der Waals surface area contributed by atoms with Crippen LogP contribution in [-0.2, 0) is 9.84 Å². The number of halogens is 1. The van der Waals surface area contributed by atoms with Crippen molar-refractivity contribution >= 4 is 9.84 Å². The minimum absolute atomic E-state index is 0.214. The molecule has 2 rings (SSSR count). The molecule has 2 fully saturated rings. The fourth-order valence-corrected chi connectivity index (χ4v) is 5.86. The lowest BCUT2D eigenvalue weighted by Crippen LogP contribution is -2.41. The van der Waals surface area contributed by atoms with Gasteiger partial charge in [-0.1, -0.05) is 51.4 Å². The van der Waals surface area contributed by atoms with E-state index in [1.165, 1.54) is 13.3 Å². The lowest BCUT2D eigenvalue weighted by Gasteiger charge is -2.32. The van der Waals surface area contributed by atoms with Crippen molar-refractivity contribution in [1.29, 1.82) is 0 Å². The Morgan fingerprint density at radius 3 is 1.95 bits per heavy atom. The Kier molecular flexibility index (Phi) is 4.91. The zero-order chi connectivity index (χ0) is 13.9. The van der Waals surface area contributed by atoms with E-state index in [2.05, 4.69) is 0 Å². The molecule has 1 atom stereocenters. The normalized spacial score (nSPS) is 27.1. The first-order chi connectivity index (χ1) is 8.93. The van der Waals surface area contributed by atoms with Crippen molar-refractivity contribution in [3.05, 3.63) is 0 Å². The molecule has 0 heterocycles. The molecule has 2 aliphatic carbocycles. The molecule has 0 aromatic heterocycles. The van der Waals surface area contributed by atoms with Crippen LogP contribution in [0.15, 0.2) is 0 Å². The van der Waals surface area contributed by atoms with Crippen LogP contribution in [-0.4, -0.2) is 18.7 Å². The first-order valence-electron chi connectivity index (χ1n) is 7.86. The van der Waals surface area contributed by atoms with Gasteiger partial charge in [-0.05, 0) is 32.1 Å². The van der Waals surface area contributed by atoms with Crippen molar-refractivity contribution in [2.24, 2.45) is 5.92 Å². The maximum atomic E-state index is 14.8. The predicted molar refractivity (Wildman–Crippen MR) is 76.5 cm³/mol. The average Bonchev–Trinajstić information content (AvgIpc) is 2.40. The summed E-state index contributed by atoms with van der Waals surface area (Å²) >= 11 is 0. The van der Waals surface area contributed by atoms with Gasteiger partial charge >= 0.3 is 0 Å². The van der Waals surface area contributed by atoms with Gasteiger partial charge in [-0.25, -0.2) is 12.8 Å². The zero-order valence-corrected chi connectivity index (χ0v) is 12.9. The predicted octanol–water partition coefficient (Wildman–Crippen LogP) is 4.39. The van der Waals surface area contributed by atoms with E-state index in [4.69, 9.17) is 0 Å². The van der Waals surface area contributed by atoms with Crippen molar-refractivity contribution in [3.63, 3.8) is 0 Å². The number of rotatable bonds is 4. The molecular weight excluding hydrogens is 263 g/mol. The molecule has 1 unspecified atom stereocenters. The first kappa shape index (κ1) is 15.3. The minimum Gasteiger partial charge on any atom is -0.227 e. The Morgan fingerprint density at radius 1 is 0.947 bits per heavy atom. The molecule has 2 aliphatic rings. The molecule has 0 bridgehead atoms. The lowest BCUT2D eigenvalue weighted by atomic mass is 9.86. The molecule has 0 spiro atoms. The maximum absolute atomic E-state index is 14.8. The van der Waals surface area contributed by atoms with E-state index in [1.54, 1.807) is 0 Å². The fourth-order valence-electron chi connectivity index (χ4n) is 3.75. The van der Waals surface area contributed by atoms with Gasteiger partial charge < -0.3 is 0 Å². The monoisotopic (exact) mass is 290 g/mol. The van der Waals surface area contributed by atoms with Crippen molar-refractivity contribution in [2.75, 3.05) is 0 Å². The molecule has 2 saturated carbocycles. The molecule has 112 valence electrons. The third-order valence-corrected chi connectivity index (χ3v) is 7.66. The zero-order valence-electron chi connectivity index (χ0n) is 12.0. The summed E-state index contributed by atoms with van der Waals surface area (Å²) in [5, 5.41) is -2.45. The molecule has 0 radical (unpaired) electrons. The number of hydrogen-bond donors (Lipinski definition) is 0. The van der Waals surface area contributed by atoms with E-state index in [9.17, 15) is 12.8 Å². The minimum atomic E-state index is -3.63. The summed E-state index contributed by atoms with van der Waals surface area (Å²) in [6.07, 6.45) is 9.97. The second-order valence-corrected chi connectivity index (χ2v) is 9.22. The number of hydrogen-bond acceptors (Lipinski definition) is 2. The quantitative estimate of drug-likeness (QED) is 0.769. The van der Waals surface area contributed by atoms with Crippen LogP contribution in [0.2, 0.25) is 0 Å². The molecular formula is C15H27FO2S. The number of alkyl halides is 1. The van der Waals surface area contributed by atoms with Gasteiger partial charge in [-0.15, -0.1) is 0 Å². The summed E-state index contributed by atoms with van der Waals surface area (Å²) < 4.78 is 39.9. The van der Waals surface area contributed by atoms with Crippen molar-refractivity contribution in [3.8, 4) is 0 Å². The third-order valence-electron chi connectivity index (χ3n) is 4.96. The molecule has 0 aliphatic heterocycles. The molecule has 0 aromatic rings. The van der Waals surface area contributed by atoms with Gasteiger partial charge in [0.15, 0.2) is 9.84 Å². The molecule has 2 nitrogen and oxygen atoms in total. The van der Waals surface area contributed by atoms with Crippen molar-refractivity contribution in [2.45, 2.75) is 87.8 Å². The Labute approximate surface area is 117 Å². The van der Waals surface area contributed by atoms with E-state index in [0.717, 1.165) is 44.9 Å². The Morgan fingerprint density at radius 2 is 1.42 bits per heavy atom. The first-order valence-corrected chi connectivity index (χ1v) is 9.40. The second-order valence-electron chi connectivity index (χ2n) is 6.61. The SMILES string of the molecule is CC(F)(CC1CCCCC1)S(=O)(=O)C1CCCCC1. The molecule has 0 amide bonds. The summed E-state index contributed by atoms with van der Waals surface area (Å²) in [7, 11) is -3.63. The molecule has 0 aromatic carbocycles. The maximum Gasteiger partial charge on any atom is 0.208 e. The highest BCUT2D eigenvalue weighted by Gasteiger charge is 2.46. The van der Waals surface area contributed by atoms with Crippen LogP contribution in [0, 0.1) is 5.92 Å². The van der Waals surface area contributed by atoms with Gasteiger partial charge in [0, 0.05) is 0 Å². The fraction of sp³-hybridized carbons (Fsp3) is 1.00. The average molecular weight is 290 g/mol. The van der Waals surface area contributed by atoms with Crippen LogP contribution in [0.25, 0.3) is 0 Å². The van der Waals surface area contributed by atoms with E-state index in [-0.39, 0.29) is 12.3 Å². The molecule has 0 saturated heterocycles. The van der Waals surface area contributed by atoms with Gasteiger partial charge in [-0.2, -0.15) is 0 Å². The smallest absolute Gasteiger partial charge is 0.208 e. The largest absolute Gasteiger partial charge is 0.227 e.